The fraction of sp³-hybridized carbons (Fsp3) is 0. The van der Waals surface area contributed by atoms with Gasteiger partial charge in [0.05, 0.1) is 11.0 Å². The van der Waals surface area contributed by atoms with Crippen LogP contribution in [0, 0.1) is 0 Å². The smallest absolute Gasteiger partial charge is 0.164 e. The van der Waals surface area contributed by atoms with Gasteiger partial charge in [-0.15, -0.1) is 11.3 Å². The summed E-state index contributed by atoms with van der Waals surface area (Å²) >= 11 is 1.69. The first-order valence-electron chi connectivity index (χ1n) is 15.4. The fourth-order valence-corrected chi connectivity index (χ4v) is 6.95. The van der Waals surface area contributed by atoms with E-state index in [2.05, 4.69) is 115 Å². The van der Waals surface area contributed by atoms with Crippen molar-refractivity contribution < 1.29 is 0 Å². The Bertz CT molecular complexity index is 2540. The van der Waals surface area contributed by atoms with Gasteiger partial charge in [0.1, 0.15) is 10.3 Å². The second-order valence-electron chi connectivity index (χ2n) is 11.4. The molecule has 0 saturated heterocycles. The summed E-state index contributed by atoms with van der Waals surface area (Å²) in [6.45, 7) is 0. The molecule has 0 amide bonds. The van der Waals surface area contributed by atoms with Gasteiger partial charge in [-0.1, -0.05) is 133 Å². The van der Waals surface area contributed by atoms with Crippen molar-refractivity contribution >= 4 is 42.8 Å². The molecule has 3 aromatic heterocycles. The molecule has 0 radical (unpaired) electrons. The number of thiophene rings is 1. The van der Waals surface area contributed by atoms with Crippen LogP contribution in [0.25, 0.3) is 87.9 Å². The van der Waals surface area contributed by atoms with Crippen LogP contribution in [0.4, 0.5) is 0 Å². The Kier molecular flexibility index (Phi) is 6.58. The van der Waals surface area contributed by atoms with E-state index in [1.54, 1.807) is 11.3 Å². The lowest BCUT2D eigenvalue weighted by molar-refractivity contribution is 1.07. The molecule has 0 bridgehead atoms. The molecule has 6 aromatic carbocycles. The van der Waals surface area contributed by atoms with Crippen LogP contribution in [0.1, 0.15) is 0 Å². The molecular weight excluding hydrogens is 595 g/mol. The van der Waals surface area contributed by atoms with Gasteiger partial charge in [0.25, 0.3) is 0 Å². The van der Waals surface area contributed by atoms with Gasteiger partial charge >= 0.3 is 0 Å². The van der Waals surface area contributed by atoms with Gasteiger partial charge in [0.2, 0.25) is 0 Å². The molecule has 5 nitrogen and oxygen atoms in total. The molecule has 0 unspecified atom stereocenters. The highest BCUT2D eigenvalue weighted by molar-refractivity contribution is 7.25. The predicted molar refractivity (Wildman–Crippen MR) is 193 cm³/mol. The van der Waals surface area contributed by atoms with Crippen LogP contribution in [0.5, 0.6) is 0 Å². The fourth-order valence-electron chi connectivity index (χ4n) is 5.92. The summed E-state index contributed by atoms with van der Waals surface area (Å²) in [5, 5.41) is 1.15. The highest BCUT2D eigenvalue weighted by Crippen LogP contribution is 2.34. The lowest BCUT2D eigenvalue weighted by Crippen LogP contribution is -2.00. The van der Waals surface area contributed by atoms with Crippen molar-refractivity contribution in [2.45, 2.75) is 0 Å². The first-order valence-corrected chi connectivity index (χ1v) is 16.2. The van der Waals surface area contributed by atoms with E-state index in [9.17, 15) is 0 Å². The van der Waals surface area contributed by atoms with Crippen LogP contribution in [0.2, 0.25) is 0 Å². The van der Waals surface area contributed by atoms with E-state index >= 15 is 0 Å². The predicted octanol–water partition coefficient (Wildman–Crippen LogP) is 10.5. The number of nitrogens with zero attached hydrogens (tertiary/aromatic N) is 5. The highest BCUT2D eigenvalue weighted by atomic mass is 32.1. The lowest BCUT2D eigenvalue weighted by Gasteiger charge is -2.10. The monoisotopic (exact) mass is 619 g/mol. The summed E-state index contributed by atoms with van der Waals surface area (Å²) in [6.07, 6.45) is 0. The van der Waals surface area contributed by atoms with E-state index < -0.39 is 0 Å². The molecule has 0 N–H and O–H groups in total. The third kappa shape index (κ3) is 5.11. The molecule has 0 fully saturated rings. The summed E-state index contributed by atoms with van der Waals surface area (Å²) in [7, 11) is 0. The summed E-state index contributed by atoms with van der Waals surface area (Å²) in [4.78, 5) is 25.7. The molecule has 0 saturated carbocycles. The average Bonchev–Trinajstić information content (AvgIpc) is 3.51. The van der Waals surface area contributed by atoms with E-state index in [0.717, 1.165) is 60.1 Å². The first-order chi connectivity index (χ1) is 23.2. The maximum absolute atomic E-state index is 5.04. The number of benzene rings is 6. The van der Waals surface area contributed by atoms with Crippen molar-refractivity contribution in [3.05, 3.63) is 152 Å². The quantitative estimate of drug-likeness (QED) is 0.192. The second kappa shape index (κ2) is 11.4. The maximum atomic E-state index is 5.04. The van der Waals surface area contributed by atoms with E-state index in [1.165, 1.54) is 10.3 Å². The molecular formula is C41H25N5S. The normalized spacial score (nSPS) is 11.4. The van der Waals surface area contributed by atoms with E-state index in [4.69, 9.17) is 24.9 Å². The Hall–Kier alpha value is -6.11. The molecule has 220 valence electrons. The van der Waals surface area contributed by atoms with Gasteiger partial charge in [0.15, 0.2) is 17.5 Å². The minimum absolute atomic E-state index is 0.628. The second-order valence-corrected chi connectivity index (χ2v) is 12.4. The lowest BCUT2D eigenvalue weighted by atomic mass is 10.0. The molecule has 6 heteroatoms. The zero-order valence-electron chi connectivity index (χ0n) is 25.1. The van der Waals surface area contributed by atoms with Gasteiger partial charge in [0, 0.05) is 26.8 Å². The topological polar surface area (TPSA) is 64.5 Å². The standard InChI is InChI=1S/C41H25N5S/c1-3-9-26(10-4-1)27-15-19-30(20-16-27)39-44-38(29-11-5-2-6-12-29)45-40(46-39)31-21-17-28(18-22-31)32-23-24-34-35(25-32)42-37-33-13-7-8-14-36(33)47-41(37)43-34/h1-25H. The highest BCUT2D eigenvalue weighted by Gasteiger charge is 2.14. The number of hydrogen-bond acceptors (Lipinski definition) is 6. The Balaban J connectivity index is 1.08. The molecule has 3 heterocycles. The van der Waals surface area contributed by atoms with Crippen LogP contribution in [-0.4, -0.2) is 24.9 Å². The van der Waals surface area contributed by atoms with Crippen molar-refractivity contribution in [1.82, 2.24) is 24.9 Å². The summed E-state index contributed by atoms with van der Waals surface area (Å²) in [5.74, 6) is 1.91. The van der Waals surface area contributed by atoms with E-state index in [0.29, 0.717) is 17.5 Å². The van der Waals surface area contributed by atoms with Crippen molar-refractivity contribution in [2.75, 3.05) is 0 Å². The summed E-state index contributed by atoms with van der Waals surface area (Å²) in [5.41, 5.74) is 10.0. The van der Waals surface area contributed by atoms with Crippen molar-refractivity contribution in [3.63, 3.8) is 0 Å². The van der Waals surface area contributed by atoms with Crippen LogP contribution >= 0.6 is 11.3 Å². The van der Waals surface area contributed by atoms with Crippen LogP contribution in [0.3, 0.4) is 0 Å². The van der Waals surface area contributed by atoms with Crippen LogP contribution < -0.4 is 0 Å². The molecule has 0 spiro atoms. The Morgan fingerprint density at radius 1 is 0.340 bits per heavy atom. The van der Waals surface area contributed by atoms with Crippen LogP contribution in [0.15, 0.2) is 152 Å². The average molecular weight is 620 g/mol. The Morgan fingerprint density at radius 2 is 0.809 bits per heavy atom. The third-order valence-corrected chi connectivity index (χ3v) is 9.43. The minimum Gasteiger partial charge on any atom is -0.243 e. The SMILES string of the molecule is c1ccc(-c2ccc(-c3nc(-c4ccccc4)nc(-c4ccc(-c5ccc6nc7sc8ccccc8c7nc6c5)cc4)n3)cc2)cc1. The Morgan fingerprint density at radius 3 is 1.45 bits per heavy atom. The van der Waals surface area contributed by atoms with Gasteiger partial charge in [-0.2, -0.15) is 0 Å². The van der Waals surface area contributed by atoms with E-state index in [-0.39, 0.29) is 0 Å². The molecule has 9 rings (SSSR count). The molecule has 9 aromatic rings. The van der Waals surface area contributed by atoms with Crippen LogP contribution in [-0.2, 0) is 0 Å². The minimum atomic E-state index is 0.628. The number of hydrogen-bond donors (Lipinski definition) is 0. The summed E-state index contributed by atoms with van der Waals surface area (Å²) in [6, 6.07) is 51.8. The number of fused-ring (bicyclic) bond motifs is 4. The molecule has 0 atom stereocenters. The molecule has 0 aliphatic carbocycles. The molecule has 0 aliphatic rings. The van der Waals surface area contributed by atoms with E-state index in [1.807, 2.05) is 36.4 Å². The van der Waals surface area contributed by atoms with Crippen molar-refractivity contribution in [3.8, 4) is 56.4 Å². The zero-order valence-corrected chi connectivity index (χ0v) is 25.9. The van der Waals surface area contributed by atoms with Gasteiger partial charge in [-0.05, 0) is 40.5 Å². The maximum Gasteiger partial charge on any atom is 0.164 e. The Labute approximate surface area is 275 Å². The number of aromatic nitrogens is 5. The summed E-state index contributed by atoms with van der Waals surface area (Å²) < 4.78 is 1.20. The van der Waals surface area contributed by atoms with Crippen molar-refractivity contribution in [2.24, 2.45) is 0 Å². The van der Waals surface area contributed by atoms with Gasteiger partial charge in [-0.3, -0.25) is 0 Å². The largest absolute Gasteiger partial charge is 0.243 e. The van der Waals surface area contributed by atoms with Crippen molar-refractivity contribution in [1.29, 1.82) is 0 Å². The zero-order chi connectivity index (χ0) is 31.2. The number of rotatable bonds is 5. The molecule has 0 aliphatic heterocycles. The van der Waals surface area contributed by atoms with Gasteiger partial charge < -0.3 is 0 Å². The molecule has 47 heavy (non-hydrogen) atoms. The van der Waals surface area contributed by atoms with Gasteiger partial charge in [-0.25, -0.2) is 24.9 Å². The third-order valence-electron chi connectivity index (χ3n) is 8.38. The first kappa shape index (κ1) is 27.2.